The van der Waals surface area contributed by atoms with Gasteiger partial charge in [-0.05, 0) is 0 Å². The summed E-state index contributed by atoms with van der Waals surface area (Å²) in [6.45, 7) is 2.06. The Bertz CT molecular complexity index is 105. The van der Waals surface area contributed by atoms with Gasteiger partial charge in [0.1, 0.15) is 0 Å². The molecule has 0 saturated carbocycles. The van der Waals surface area contributed by atoms with Crippen LogP contribution in [0.2, 0.25) is 0 Å². The smallest absolute Gasteiger partial charge is 1.00 e. The summed E-state index contributed by atoms with van der Waals surface area (Å²) < 4.78 is 0. The summed E-state index contributed by atoms with van der Waals surface area (Å²) in [6, 6.07) is 0. The van der Waals surface area contributed by atoms with Gasteiger partial charge in [-0.3, -0.25) is 6.08 Å². The van der Waals surface area contributed by atoms with Gasteiger partial charge in [0.2, 0.25) is 0 Å². The average Bonchev–Trinajstić information content (AvgIpc) is 1.86. The van der Waals surface area contributed by atoms with Gasteiger partial charge in [-0.1, -0.05) is 6.92 Å². The summed E-state index contributed by atoms with van der Waals surface area (Å²) in [5.41, 5.74) is 1.27. The Morgan fingerprint density at radius 3 is 2.71 bits per heavy atom. The van der Waals surface area contributed by atoms with Crippen LogP contribution in [0.25, 0.3) is 0 Å². The molecule has 0 saturated heterocycles. The standard InChI is InChI=1S/C6H7.Os.2H/c1-6-4-2-3-5-6;;;/h2,4H,3H2,1H3;;;/q-1;+1;2*-1. The van der Waals surface area contributed by atoms with Crippen molar-refractivity contribution in [2.45, 2.75) is 13.3 Å². The molecule has 0 aromatic rings. The quantitative estimate of drug-likeness (QED) is 0.591. The van der Waals surface area contributed by atoms with Crippen molar-refractivity contribution in [3.8, 4) is 0 Å². The third kappa shape index (κ3) is 2.05. The van der Waals surface area contributed by atoms with Crippen LogP contribution in [0.3, 0.4) is 0 Å². The van der Waals surface area contributed by atoms with Crippen molar-refractivity contribution in [1.29, 1.82) is 0 Å². The summed E-state index contributed by atoms with van der Waals surface area (Å²) in [4.78, 5) is 0. The zero-order valence-corrected chi connectivity index (χ0v) is 6.76. The monoisotopic (exact) mass is 273 g/mol. The first-order chi connectivity index (χ1) is 2.89. The van der Waals surface area contributed by atoms with E-state index in [1.807, 2.05) is 0 Å². The van der Waals surface area contributed by atoms with Crippen LogP contribution in [0, 0.1) is 6.08 Å². The van der Waals surface area contributed by atoms with Crippen molar-refractivity contribution in [2.75, 3.05) is 0 Å². The Kier molecular flexibility index (Phi) is 3.21. The predicted molar refractivity (Wildman–Crippen MR) is 28.4 cm³/mol. The molecule has 43 valence electrons. The Hall–Kier alpha value is 0.116. The van der Waals surface area contributed by atoms with Crippen LogP contribution >= 0.6 is 0 Å². The minimum absolute atomic E-state index is 0. The summed E-state index contributed by atoms with van der Waals surface area (Å²) >= 11 is 0. The molecule has 0 atom stereocenters. The van der Waals surface area contributed by atoms with Crippen molar-refractivity contribution in [3.05, 3.63) is 23.8 Å². The maximum absolute atomic E-state index is 3.12. The minimum Gasteiger partial charge on any atom is -1.00 e. The van der Waals surface area contributed by atoms with Crippen molar-refractivity contribution < 1.29 is 22.6 Å². The van der Waals surface area contributed by atoms with E-state index >= 15 is 0 Å². The molecule has 7 heavy (non-hydrogen) atoms. The van der Waals surface area contributed by atoms with Crippen molar-refractivity contribution >= 4 is 0 Å². The molecule has 1 heteroatoms. The molecule has 0 nitrogen and oxygen atoms in total. The molecule has 1 aliphatic carbocycles. The van der Waals surface area contributed by atoms with Crippen LogP contribution < -0.4 is 0 Å². The topological polar surface area (TPSA) is 0 Å². The molecule has 0 amide bonds. The maximum Gasteiger partial charge on any atom is 1.00 e. The predicted octanol–water partition coefficient (Wildman–Crippen LogP) is 1.92. The summed E-state index contributed by atoms with van der Waals surface area (Å²) in [5.74, 6) is 0. The zero-order chi connectivity index (χ0) is 4.41. The Morgan fingerprint density at radius 1 is 1.86 bits per heavy atom. The van der Waals surface area contributed by atoms with Crippen molar-refractivity contribution in [2.24, 2.45) is 0 Å². The maximum atomic E-state index is 3.12. The second-order valence-electron chi connectivity index (χ2n) is 1.47. The number of hydrogen-bond donors (Lipinski definition) is 0. The van der Waals surface area contributed by atoms with Gasteiger partial charge in [-0.15, -0.1) is 6.42 Å². The van der Waals surface area contributed by atoms with Gasteiger partial charge in [0.25, 0.3) is 0 Å². The molecule has 0 spiro atoms. The molecule has 0 aromatic carbocycles. The van der Waals surface area contributed by atoms with Crippen molar-refractivity contribution in [3.63, 3.8) is 0 Å². The Balaban J connectivity index is -0.000000120. The van der Waals surface area contributed by atoms with E-state index in [0.29, 0.717) is 0 Å². The summed E-state index contributed by atoms with van der Waals surface area (Å²) in [5, 5.41) is 0. The van der Waals surface area contributed by atoms with E-state index in [2.05, 4.69) is 25.2 Å². The summed E-state index contributed by atoms with van der Waals surface area (Å²) in [7, 11) is 0. The van der Waals surface area contributed by atoms with Gasteiger partial charge in [0.05, 0.1) is 0 Å². The Morgan fingerprint density at radius 2 is 2.57 bits per heavy atom. The van der Waals surface area contributed by atoms with Crippen LogP contribution in [0.4, 0.5) is 0 Å². The largest absolute Gasteiger partial charge is 1.00 e. The molecule has 1 radical (unpaired) electrons. The fourth-order valence-corrected chi connectivity index (χ4v) is 0.515. The van der Waals surface area contributed by atoms with Crippen LogP contribution in [-0.4, -0.2) is 0 Å². The molecule has 1 aliphatic rings. The fraction of sp³-hybridized carbons (Fsp3) is 0.333. The van der Waals surface area contributed by atoms with Crippen LogP contribution in [-0.2, 0) is 19.8 Å². The normalized spacial score (nSPS) is 15.9. The van der Waals surface area contributed by atoms with Crippen molar-refractivity contribution in [1.82, 2.24) is 0 Å². The van der Waals surface area contributed by atoms with Gasteiger partial charge in [0.15, 0.2) is 0 Å². The molecule has 0 aromatic heterocycles. The fourth-order valence-electron chi connectivity index (χ4n) is 0.515. The Labute approximate surface area is 60.3 Å². The van der Waals surface area contributed by atoms with Crippen LogP contribution in [0.1, 0.15) is 16.2 Å². The molecule has 0 aliphatic heterocycles. The second-order valence-corrected chi connectivity index (χ2v) is 1.47. The first kappa shape index (κ1) is 7.12. The average molecular weight is 271 g/mol. The third-order valence-corrected chi connectivity index (χ3v) is 0.867. The van der Waals surface area contributed by atoms with E-state index in [9.17, 15) is 0 Å². The first-order valence-electron chi connectivity index (χ1n) is 2.13. The van der Waals surface area contributed by atoms with Gasteiger partial charge in [0, 0.05) is 0 Å². The van der Waals surface area contributed by atoms with Gasteiger partial charge in [-0.2, -0.15) is 6.08 Å². The van der Waals surface area contributed by atoms with Gasteiger partial charge in [-0.25, -0.2) is 11.6 Å². The van der Waals surface area contributed by atoms with Crippen LogP contribution in [0.15, 0.2) is 17.7 Å². The van der Waals surface area contributed by atoms with E-state index in [1.165, 1.54) is 5.57 Å². The van der Waals surface area contributed by atoms with Gasteiger partial charge < -0.3 is 2.85 Å². The molecule has 0 heterocycles. The third-order valence-electron chi connectivity index (χ3n) is 0.867. The molecule has 0 bridgehead atoms. The van der Waals surface area contributed by atoms with Gasteiger partial charge >= 0.3 is 19.8 Å². The number of allylic oxidation sites excluding steroid dienone is 4. The number of hydrogen-bond acceptors (Lipinski definition) is 0. The number of rotatable bonds is 0. The van der Waals surface area contributed by atoms with E-state index < -0.39 is 0 Å². The van der Waals surface area contributed by atoms with E-state index in [1.54, 1.807) is 0 Å². The summed E-state index contributed by atoms with van der Waals surface area (Å²) in [6.07, 6.45) is 8.33. The molecule has 1 rings (SSSR count). The molecule has 0 fully saturated rings. The minimum atomic E-state index is 0. The first-order valence-corrected chi connectivity index (χ1v) is 2.13. The molecular formula is C6H9Os-2. The molecular weight excluding hydrogens is 262 g/mol. The second kappa shape index (κ2) is 3.16. The van der Waals surface area contributed by atoms with E-state index in [-0.39, 0.29) is 22.6 Å². The zero-order valence-electron chi connectivity index (χ0n) is 6.22. The molecule has 0 N–H and O–H groups in total. The molecule has 0 unspecified atom stereocenters. The van der Waals surface area contributed by atoms with E-state index in [4.69, 9.17) is 0 Å². The van der Waals surface area contributed by atoms with Crippen LogP contribution in [0.5, 0.6) is 0 Å². The van der Waals surface area contributed by atoms with E-state index in [0.717, 1.165) is 6.42 Å². The SMILES string of the molecule is CC1=[C-]CC=C1.[H-].[H-].[Os+].